The van der Waals surface area contributed by atoms with Gasteiger partial charge in [0, 0.05) is 55.5 Å². The monoisotopic (exact) mass is 440 g/mol. The predicted molar refractivity (Wildman–Crippen MR) is 120 cm³/mol. The van der Waals surface area contributed by atoms with Crippen LogP contribution in [-0.2, 0) is 17.1 Å². The van der Waals surface area contributed by atoms with Crippen molar-refractivity contribution < 1.29 is 12.8 Å². The summed E-state index contributed by atoms with van der Waals surface area (Å²) in [7, 11) is -1.75. The van der Waals surface area contributed by atoms with Crippen LogP contribution in [0.3, 0.4) is 0 Å². The summed E-state index contributed by atoms with van der Waals surface area (Å²) in [6.07, 6.45) is 3.40. The normalized spacial score (nSPS) is 18.8. The van der Waals surface area contributed by atoms with Crippen molar-refractivity contribution in [2.45, 2.75) is 23.5 Å². The van der Waals surface area contributed by atoms with E-state index in [9.17, 15) is 12.8 Å². The number of nitrogens with one attached hydrogen (secondary N) is 2. The number of benzene rings is 2. The van der Waals surface area contributed by atoms with Crippen molar-refractivity contribution >= 4 is 31.8 Å². The summed E-state index contributed by atoms with van der Waals surface area (Å²) in [5.74, 6) is 0. The summed E-state index contributed by atoms with van der Waals surface area (Å²) >= 11 is 0. The lowest BCUT2D eigenvalue weighted by atomic mass is 10.0. The molecule has 3 heterocycles. The third-order valence-electron chi connectivity index (χ3n) is 6.19. The van der Waals surface area contributed by atoms with Crippen LogP contribution in [0.2, 0.25) is 0 Å². The number of aromatic amines is 1. The fraction of sp³-hybridized carbons (Fsp3) is 0.304. The number of sulfonamides is 1. The third-order valence-corrected chi connectivity index (χ3v) is 7.61. The number of halogens is 1. The summed E-state index contributed by atoms with van der Waals surface area (Å²) < 4.78 is 45.0. The van der Waals surface area contributed by atoms with Crippen LogP contribution in [-0.4, -0.2) is 48.7 Å². The molecule has 8 heteroatoms. The second-order valence-electron chi connectivity index (χ2n) is 8.19. The van der Waals surface area contributed by atoms with Crippen LogP contribution >= 0.6 is 0 Å². The number of para-hydroxylation sites is 1. The Bertz CT molecular complexity index is 1340. The van der Waals surface area contributed by atoms with E-state index in [-0.39, 0.29) is 17.5 Å². The highest BCUT2D eigenvalue weighted by atomic mass is 32.2. The van der Waals surface area contributed by atoms with Gasteiger partial charge in [-0.1, -0.05) is 24.3 Å². The molecule has 0 bridgehead atoms. The van der Waals surface area contributed by atoms with Gasteiger partial charge in [-0.25, -0.2) is 17.5 Å². The van der Waals surface area contributed by atoms with Gasteiger partial charge in [0.05, 0.1) is 10.9 Å². The number of H-pyrrole nitrogens is 1. The van der Waals surface area contributed by atoms with Crippen molar-refractivity contribution in [1.82, 2.24) is 19.2 Å². The highest BCUT2D eigenvalue weighted by Gasteiger charge is 2.32. The standard InChI is InChI=1S/C23H25FN4O2S/c1-27-15-20(19-4-2-3-5-22(19)27)23(28-11-9-17(24)14-28)13-26-31(29,30)18-7-6-16-8-10-25-21(16)12-18/h2-8,10,12,15,17,23,25-26H,9,11,13-14H2,1H3/t17-,23?/m1/s1. The predicted octanol–water partition coefficient (Wildman–Crippen LogP) is 3.72. The molecular weight excluding hydrogens is 415 g/mol. The van der Waals surface area contributed by atoms with E-state index in [1.54, 1.807) is 24.4 Å². The van der Waals surface area contributed by atoms with E-state index >= 15 is 0 Å². The molecule has 31 heavy (non-hydrogen) atoms. The first kappa shape index (κ1) is 20.2. The van der Waals surface area contributed by atoms with Gasteiger partial charge in [-0.05, 0) is 41.6 Å². The first-order valence-corrected chi connectivity index (χ1v) is 11.9. The highest BCUT2D eigenvalue weighted by Crippen LogP contribution is 2.32. The molecule has 1 aliphatic heterocycles. The number of likely N-dealkylation sites (tertiary alicyclic amines) is 1. The van der Waals surface area contributed by atoms with E-state index in [1.807, 2.05) is 53.0 Å². The second-order valence-corrected chi connectivity index (χ2v) is 9.95. The molecule has 2 atom stereocenters. The van der Waals surface area contributed by atoms with Gasteiger partial charge < -0.3 is 9.55 Å². The Balaban J connectivity index is 1.47. The van der Waals surface area contributed by atoms with Crippen molar-refractivity contribution in [2.75, 3.05) is 19.6 Å². The molecule has 4 aromatic rings. The van der Waals surface area contributed by atoms with Crippen molar-refractivity contribution in [3.05, 3.63) is 66.5 Å². The number of aryl methyl sites for hydroxylation is 1. The van der Waals surface area contributed by atoms with Crippen LogP contribution in [0.15, 0.2) is 65.8 Å². The average molecular weight is 441 g/mol. The molecule has 0 spiro atoms. The minimum Gasteiger partial charge on any atom is -0.361 e. The van der Waals surface area contributed by atoms with Gasteiger partial charge in [-0.3, -0.25) is 4.90 Å². The number of hydrogen-bond donors (Lipinski definition) is 2. The Morgan fingerprint density at radius 3 is 2.87 bits per heavy atom. The maximum Gasteiger partial charge on any atom is 0.240 e. The number of nitrogens with zero attached hydrogens (tertiary/aromatic N) is 2. The van der Waals surface area contributed by atoms with Crippen LogP contribution < -0.4 is 4.72 Å². The zero-order chi connectivity index (χ0) is 21.6. The van der Waals surface area contributed by atoms with Gasteiger partial charge in [0.1, 0.15) is 6.17 Å². The average Bonchev–Trinajstić information content (AvgIpc) is 3.48. The second kappa shape index (κ2) is 7.78. The van der Waals surface area contributed by atoms with Crippen molar-refractivity contribution in [3.63, 3.8) is 0 Å². The SMILES string of the molecule is Cn1cc(C(CNS(=O)(=O)c2ccc3cc[nH]c3c2)N2CC[C@@H](F)C2)c2ccccc21. The number of hydrogen-bond acceptors (Lipinski definition) is 3. The molecule has 2 aromatic carbocycles. The molecule has 5 rings (SSSR count). The smallest absolute Gasteiger partial charge is 0.240 e. The molecule has 0 aliphatic carbocycles. The van der Waals surface area contributed by atoms with Crippen molar-refractivity contribution in [1.29, 1.82) is 0 Å². The van der Waals surface area contributed by atoms with E-state index in [0.29, 0.717) is 19.5 Å². The summed E-state index contributed by atoms with van der Waals surface area (Å²) in [4.78, 5) is 5.31. The molecule has 2 N–H and O–H groups in total. The van der Waals surface area contributed by atoms with Crippen LogP contribution in [0, 0.1) is 0 Å². The molecule has 162 valence electrons. The van der Waals surface area contributed by atoms with E-state index < -0.39 is 16.2 Å². The molecule has 0 amide bonds. The van der Waals surface area contributed by atoms with E-state index in [1.165, 1.54) is 0 Å². The summed E-state index contributed by atoms with van der Waals surface area (Å²) in [5, 5.41) is 2.02. The van der Waals surface area contributed by atoms with Gasteiger partial charge in [-0.2, -0.15) is 0 Å². The van der Waals surface area contributed by atoms with Gasteiger partial charge in [-0.15, -0.1) is 0 Å². The molecule has 1 saturated heterocycles. The first-order chi connectivity index (χ1) is 14.9. The quantitative estimate of drug-likeness (QED) is 0.480. The molecule has 1 fully saturated rings. The zero-order valence-corrected chi connectivity index (χ0v) is 18.1. The van der Waals surface area contributed by atoms with Gasteiger partial charge in [0.25, 0.3) is 0 Å². The highest BCUT2D eigenvalue weighted by molar-refractivity contribution is 7.89. The van der Waals surface area contributed by atoms with Crippen LogP contribution in [0.5, 0.6) is 0 Å². The lowest BCUT2D eigenvalue weighted by Gasteiger charge is -2.27. The maximum atomic E-state index is 14.0. The molecule has 6 nitrogen and oxygen atoms in total. The number of aromatic nitrogens is 2. The Kier molecular flexibility index (Phi) is 5.08. The van der Waals surface area contributed by atoms with Gasteiger partial charge >= 0.3 is 0 Å². The number of alkyl halides is 1. The lowest BCUT2D eigenvalue weighted by Crippen LogP contribution is -2.37. The van der Waals surface area contributed by atoms with E-state index in [4.69, 9.17) is 0 Å². The molecule has 0 radical (unpaired) electrons. The lowest BCUT2D eigenvalue weighted by molar-refractivity contribution is 0.224. The fourth-order valence-corrected chi connectivity index (χ4v) is 5.63. The van der Waals surface area contributed by atoms with Crippen molar-refractivity contribution in [3.8, 4) is 0 Å². The Labute approximate surface area is 180 Å². The van der Waals surface area contributed by atoms with Crippen molar-refractivity contribution in [2.24, 2.45) is 7.05 Å². The number of fused-ring (bicyclic) bond motifs is 2. The fourth-order valence-electron chi connectivity index (χ4n) is 4.57. The van der Waals surface area contributed by atoms with E-state index in [0.717, 1.165) is 27.4 Å². The molecule has 0 saturated carbocycles. The summed E-state index contributed by atoms with van der Waals surface area (Å²) in [5.41, 5.74) is 2.85. The molecule has 2 aromatic heterocycles. The maximum absolute atomic E-state index is 14.0. The molecular formula is C23H25FN4O2S. The Morgan fingerprint density at radius 1 is 1.23 bits per heavy atom. The number of rotatable bonds is 6. The minimum absolute atomic E-state index is 0.172. The Hall–Kier alpha value is -2.68. The topological polar surface area (TPSA) is 70.1 Å². The van der Waals surface area contributed by atoms with Crippen LogP contribution in [0.1, 0.15) is 18.0 Å². The summed E-state index contributed by atoms with van der Waals surface area (Å²) in [6, 6.07) is 14.7. The van der Waals surface area contributed by atoms with Crippen LogP contribution in [0.4, 0.5) is 4.39 Å². The zero-order valence-electron chi connectivity index (χ0n) is 17.3. The minimum atomic E-state index is -3.72. The molecule has 1 unspecified atom stereocenters. The first-order valence-electron chi connectivity index (χ1n) is 10.4. The van der Waals surface area contributed by atoms with E-state index in [2.05, 4.69) is 9.71 Å². The Morgan fingerprint density at radius 2 is 2.06 bits per heavy atom. The van der Waals surface area contributed by atoms with Crippen LogP contribution in [0.25, 0.3) is 21.8 Å². The third kappa shape index (κ3) is 3.75. The largest absolute Gasteiger partial charge is 0.361 e. The van der Waals surface area contributed by atoms with Gasteiger partial charge in [0.15, 0.2) is 0 Å². The molecule has 1 aliphatic rings. The summed E-state index contributed by atoms with van der Waals surface area (Å²) in [6.45, 7) is 1.08. The van der Waals surface area contributed by atoms with Gasteiger partial charge in [0.2, 0.25) is 10.0 Å².